The van der Waals surface area contributed by atoms with Crippen LogP contribution in [0.1, 0.15) is 32.6 Å². The number of sulfonamides is 1. The molecule has 0 N–H and O–H groups in total. The Balaban J connectivity index is 1.67. The first kappa shape index (κ1) is 22.8. The smallest absolute Gasteiger partial charge is 0.243 e. The number of methoxy groups -OCH3 is 1. The van der Waals surface area contributed by atoms with Crippen molar-refractivity contribution in [2.24, 2.45) is 4.99 Å². The number of unbranched alkanes of at least 4 members (excludes halogenated alkanes) is 1. The summed E-state index contributed by atoms with van der Waals surface area (Å²) in [6, 6.07) is 15.0. The largest absolute Gasteiger partial charge is 0.497 e. The first-order chi connectivity index (χ1) is 15.5. The van der Waals surface area contributed by atoms with E-state index >= 15 is 0 Å². The summed E-state index contributed by atoms with van der Waals surface area (Å²) in [5.74, 6) is 0.804. The molecule has 1 aliphatic rings. The van der Waals surface area contributed by atoms with Crippen LogP contribution < -0.4 is 9.54 Å². The molecule has 170 valence electrons. The summed E-state index contributed by atoms with van der Waals surface area (Å²) in [6.07, 6.45) is 3.99. The molecule has 2 heterocycles. The highest BCUT2D eigenvalue weighted by atomic mass is 32.2. The van der Waals surface area contributed by atoms with E-state index in [0.717, 1.165) is 59.7 Å². The molecule has 6 nitrogen and oxygen atoms in total. The van der Waals surface area contributed by atoms with Gasteiger partial charge in [0, 0.05) is 25.0 Å². The molecular formula is C24H29N3O3S2. The molecule has 32 heavy (non-hydrogen) atoms. The van der Waals surface area contributed by atoms with Gasteiger partial charge in [-0.15, -0.1) is 11.3 Å². The molecule has 1 saturated heterocycles. The fourth-order valence-electron chi connectivity index (χ4n) is 3.82. The Hall–Kier alpha value is -2.42. The predicted octanol–water partition coefficient (Wildman–Crippen LogP) is 5.04. The van der Waals surface area contributed by atoms with Crippen LogP contribution in [0, 0.1) is 0 Å². The number of ether oxygens (including phenoxy) is 1. The summed E-state index contributed by atoms with van der Waals surface area (Å²) in [5, 5.41) is 2.10. The van der Waals surface area contributed by atoms with Gasteiger partial charge in [0.05, 0.1) is 23.4 Å². The quantitative estimate of drug-likeness (QED) is 0.462. The third kappa shape index (κ3) is 4.82. The maximum Gasteiger partial charge on any atom is 0.243 e. The average molecular weight is 472 g/mol. The lowest BCUT2D eigenvalue weighted by Crippen LogP contribution is -2.27. The molecule has 1 aliphatic heterocycles. The maximum absolute atomic E-state index is 12.8. The maximum atomic E-state index is 12.8. The molecule has 8 heteroatoms. The molecule has 0 atom stereocenters. The molecule has 0 saturated carbocycles. The highest BCUT2D eigenvalue weighted by molar-refractivity contribution is 7.89. The van der Waals surface area contributed by atoms with Crippen molar-refractivity contribution < 1.29 is 13.2 Å². The van der Waals surface area contributed by atoms with Gasteiger partial charge in [-0.25, -0.2) is 13.4 Å². The fourth-order valence-corrected chi connectivity index (χ4v) is 6.30. The predicted molar refractivity (Wildman–Crippen MR) is 129 cm³/mol. The lowest BCUT2D eigenvalue weighted by atomic mass is 10.1. The Bertz CT molecular complexity index is 1200. The van der Waals surface area contributed by atoms with Crippen LogP contribution in [0.5, 0.6) is 5.75 Å². The van der Waals surface area contributed by atoms with E-state index in [1.54, 1.807) is 34.9 Å². The Morgan fingerprint density at radius 2 is 1.72 bits per heavy atom. The van der Waals surface area contributed by atoms with Gasteiger partial charge in [0.2, 0.25) is 10.0 Å². The lowest BCUT2D eigenvalue weighted by molar-refractivity contribution is 0.415. The van der Waals surface area contributed by atoms with Crippen molar-refractivity contribution in [2.45, 2.75) is 44.0 Å². The van der Waals surface area contributed by atoms with Gasteiger partial charge < -0.3 is 9.30 Å². The van der Waals surface area contributed by atoms with Crippen molar-refractivity contribution in [3.05, 3.63) is 58.7 Å². The molecule has 0 radical (unpaired) electrons. The van der Waals surface area contributed by atoms with Crippen molar-refractivity contribution in [1.82, 2.24) is 8.87 Å². The van der Waals surface area contributed by atoms with Crippen LogP contribution >= 0.6 is 11.3 Å². The molecular weight excluding hydrogens is 442 g/mol. The van der Waals surface area contributed by atoms with E-state index in [9.17, 15) is 8.42 Å². The molecule has 4 rings (SSSR count). The minimum Gasteiger partial charge on any atom is -0.497 e. The van der Waals surface area contributed by atoms with E-state index in [2.05, 4.69) is 16.9 Å². The van der Waals surface area contributed by atoms with Crippen LogP contribution in [0.2, 0.25) is 0 Å². The van der Waals surface area contributed by atoms with E-state index in [1.807, 2.05) is 36.4 Å². The van der Waals surface area contributed by atoms with Crippen LogP contribution in [0.4, 0.5) is 5.69 Å². The summed E-state index contributed by atoms with van der Waals surface area (Å²) < 4.78 is 34.7. The first-order valence-corrected chi connectivity index (χ1v) is 13.3. The van der Waals surface area contributed by atoms with Crippen LogP contribution in [-0.4, -0.2) is 37.5 Å². The van der Waals surface area contributed by atoms with Gasteiger partial charge in [-0.2, -0.15) is 4.31 Å². The molecule has 0 unspecified atom stereocenters. The summed E-state index contributed by atoms with van der Waals surface area (Å²) >= 11 is 1.59. The first-order valence-electron chi connectivity index (χ1n) is 11.0. The number of thiazole rings is 1. The standard InChI is InChI=1S/C24H29N3O3S2/c1-3-4-17-27-23(18-31-24(27)25-20-9-11-21(30-2)12-10-20)19-7-13-22(14-8-19)32(28,29)26-15-5-6-16-26/h7-14,18H,3-6,15-17H2,1-2H3. The molecule has 1 aromatic heterocycles. The monoisotopic (exact) mass is 471 g/mol. The summed E-state index contributed by atoms with van der Waals surface area (Å²) in [6.45, 7) is 4.26. The molecule has 0 spiro atoms. The fraction of sp³-hybridized carbons (Fsp3) is 0.375. The third-order valence-electron chi connectivity index (χ3n) is 5.68. The SMILES string of the molecule is CCCCn1c(-c2ccc(S(=O)(=O)N3CCCC3)cc2)csc1=Nc1ccc(OC)cc1. The molecule has 2 aromatic carbocycles. The molecule has 1 fully saturated rings. The molecule has 0 bridgehead atoms. The van der Waals surface area contributed by atoms with E-state index in [-0.39, 0.29) is 0 Å². The highest BCUT2D eigenvalue weighted by Gasteiger charge is 2.27. The van der Waals surface area contributed by atoms with Crippen molar-refractivity contribution >= 4 is 27.0 Å². The zero-order chi connectivity index (χ0) is 22.6. The zero-order valence-corrected chi connectivity index (χ0v) is 20.2. The number of hydrogen-bond donors (Lipinski definition) is 0. The van der Waals surface area contributed by atoms with Gasteiger partial charge in [0.25, 0.3) is 0 Å². The summed E-state index contributed by atoms with van der Waals surface area (Å²) in [5.41, 5.74) is 2.92. The van der Waals surface area contributed by atoms with Crippen molar-refractivity contribution in [3.8, 4) is 17.0 Å². The van der Waals surface area contributed by atoms with Gasteiger partial charge in [-0.05, 0) is 61.2 Å². The van der Waals surface area contributed by atoms with Crippen LogP contribution in [0.3, 0.4) is 0 Å². The Labute approximate surface area is 193 Å². The van der Waals surface area contributed by atoms with Crippen molar-refractivity contribution in [3.63, 3.8) is 0 Å². The lowest BCUT2D eigenvalue weighted by Gasteiger charge is -2.16. The summed E-state index contributed by atoms with van der Waals surface area (Å²) in [4.78, 5) is 6.13. The third-order valence-corrected chi connectivity index (χ3v) is 8.46. The minimum absolute atomic E-state index is 0.363. The number of aromatic nitrogens is 1. The van der Waals surface area contributed by atoms with Gasteiger partial charge in [0.1, 0.15) is 5.75 Å². The Kier molecular flexibility index (Phi) is 7.13. The van der Waals surface area contributed by atoms with E-state index < -0.39 is 10.0 Å². The highest BCUT2D eigenvalue weighted by Crippen LogP contribution is 2.26. The van der Waals surface area contributed by atoms with Crippen LogP contribution in [0.15, 0.2) is 63.8 Å². The molecule has 0 aliphatic carbocycles. The van der Waals surface area contributed by atoms with E-state index in [1.165, 1.54) is 0 Å². The van der Waals surface area contributed by atoms with Crippen molar-refractivity contribution in [2.75, 3.05) is 20.2 Å². The van der Waals surface area contributed by atoms with Crippen LogP contribution in [0.25, 0.3) is 11.3 Å². The van der Waals surface area contributed by atoms with Gasteiger partial charge in [-0.3, -0.25) is 0 Å². The topological polar surface area (TPSA) is 63.9 Å². The van der Waals surface area contributed by atoms with Gasteiger partial charge >= 0.3 is 0 Å². The zero-order valence-electron chi connectivity index (χ0n) is 18.5. The van der Waals surface area contributed by atoms with E-state index in [0.29, 0.717) is 18.0 Å². The van der Waals surface area contributed by atoms with Crippen molar-refractivity contribution in [1.29, 1.82) is 0 Å². The van der Waals surface area contributed by atoms with E-state index in [4.69, 9.17) is 9.73 Å². The second-order valence-corrected chi connectivity index (χ2v) is 10.6. The second kappa shape index (κ2) is 10.0. The van der Waals surface area contributed by atoms with Gasteiger partial charge in [0.15, 0.2) is 4.80 Å². The number of hydrogen-bond acceptors (Lipinski definition) is 5. The summed E-state index contributed by atoms with van der Waals surface area (Å²) in [7, 11) is -1.75. The average Bonchev–Trinajstić information content (AvgIpc) is 3.49. The Morgan fingerprint density at radius 1 is 1.03 bits per heavy atom. The number of nitrogens with zero attached hydrogens (tertiary/aromatic N) is 3. The van der Waals surface area contributed by atoms with Gasteiger partial charge in [-0.1, -0.05) is 25.5 Å². The normalized spacial score (nSPS) is 15.4. The molecule has 0 amide bonds. The minimum atomic E-state index is -3.40. The second-order valence-electron chi connectivity index (χ2n) is 7.85. The molecule has 3 aromatic rings. The Morgan fingerprint density at radius 3 is 2.34 bits per heavy atom. The number of benzene rings is 2. The van der Waals surface area contributed by atoms with Crippen LogP contribution in [-0.2, 0) is 16.6 Å². The number of rotatable bonds is 8.